The second-order valence-corrected chi connectivity index (χ2v) is 6.73. The highest BCUT2D eigenvalue weighted by molar-refractivity contribution is 5.85. The zero-order valence-electron chi connectivity index (χ0n) is 14.8. The number of likely N-dealkylation sites (N-methyl/N-ethyl adjacent to an activating group) is 1. The van der Waals surface area contributed by atoms with E-state index in [-0.39, 0.29) is 30.0 Å². The van der Waals surface area contributed by atoms with E-state index in [9.17, 15) is 9.18 Å². The molecule has 0 saturated carbocycles. The van der Waals surface area contributed by atoms with Gasteiger partial charge in [0, 0.05) is 37.2 Å². The molecule has 1 aliphatic heterocycles. The van der Waals surface area contributed by atoms with Gasteiger partial charge in [-0.3, -0.25) is 4.79 Å². The van der Waals surface area contributed by atoms with Crippen molar-refractivity contribution in [2.45, 2.75) is 32.4 Å². The van der Waals surface area contributed by atoms with Crippen LogP contribution in [-0.4, -0.2) is 55.5 Å². The van der Waals surface area contributed by atoms with Gasteiger partial charge in [0.25, 0.3) is 0 Å². The van der Waals surface area contributed by atoms with Crippen LogP contribution >= 0.6 is 12.4 Å². The van der Waals surface area contributed by atoms with Gasteiger partial charge < -0.3 is 15.1 Å². The number of nitrogens with zero attached hydrogens (tertiary/aromatic N) is 2. The molecule has 2 atom stereocenters. The lowest BCUT2D eigenvalue weighted by Gasteiger charge is -2.33. The summed E-state index contributed by atoms with van der Waals surface area (Å²) in [5.41, 5.74) is 0.585. The molecule has 6 heteroatoms. The van der Waals surface area contributed by atoms with Crippen molar-refractivity contribution in [3.8, 4) is 0 Å². The van der Waals surface area contributed by atoms with Crippen molar-refractivity contribution < 1.29 is 9.18 Å². The summed E-state index contributed by atoms with van der Waals surface area (Å²) in [5, 5.41) is 3.38. The van der Waals surface area contributed by atoms with Gasteiger partial charge in [-0.05, 0) is 46.5 Å². The lowest BCUT2D eigenvalue weighted by atomic mass is 9.92. The monoisotopic (exact) mass is 357 g/mol. The van der Waals surface area contributed by atoms with Crippen LogP contribution in [0.2, 0.25) is 0 Å². The van der Waals surface area contributed by atoms with Crippen LogP contribution in [0.5, 0.6) is 0 Å². The Kier molecular flexibility index (Phi) is 8.67. The van der Waals surface area contributed by atoms with Crippen LogP contribution in [0.3, 0.4) is 0 Å². The smallest absolute Gasteiger partial charge is 0.226 e. The molecule has 1 aromatic rings. The summed E-state index contributed by atoms with van der Waals surface area (Å²) in [7, 11) is 3.97. The average Bonchev–Trinajstić information content (AvgIpc) is 2.52. The maximum atomic E-state index is 14.0. The summed E-state index contributed by atoms with van der Waals surface area (Å²) >= 11 is 0. The zero-order valence-corrected chi connectivity index (χ0v) is 15.6. The minimum absolute atomic E-state index is 0. The molecule has 24 heavy (non-hydrogen) atoms. The van der Waals surface area contributed by atoms with Gasteiger partial charge in [-0.2, -0.15) is 0 Å². The zero-order chi connectivity index (χ0) is 16.8. The fourth-order valence-electron chi connectivity index (χ4n) is 3.03. The minimum Gasteiger partial charge on any atom is -0.337 e. The van der Waals surface area contributed by atoms with Crippen molar-refractivity contribution >= 4 is 18.3 Å². The van der Waals surface area contributed by atoms with E-state index in [2.05, 4.69) is 12.2 Å². The van der Waals surface area contributed by atoms with Crippen LogP contribution in [0.25, 0.3) is 0 Å². The van der Waals surface area contributed by atoms with Crippen LogP contribution in [0.15, 0.2) is 24.3 Å². The van der Waals surface area contributed by atoms with Gasteiger partial charge in [-0.15, -0.1) is 12.4 Å². The maximum Gasteiger partial charge on any atom is 0.226 e. The van der Waals surface area contributed by atoms with Crippen LogP contribution in [0, 0.1) is 11.7 Å². The Morgan fingerprint density at radius 2 is 2.00 bits per heavy atom. The van der Waals surface area contributed by atoms with E-state index in [1.807, 2.05) is 30.0 Å². The van der Waals surface area contributed by atoms with Gasteiger partial charge >= 0.3 is 0 Å². The topological polar surface area (TPSA) is 35.6 Å². The molecular weight excluding hydrogens is 329 g/mol. The summed E-state index contributed by atoms with van der Waals surface area (Å²) in [6, 6.07) is 7.08. The quantitative estimate of drug-likeness (QED) is 0.849. The van der Waals surface area contributed by atoms with Crippen LogP contribution in [0.1, 0.15) is 25.3 Å². The van der Waals surface area contributed by atoms with Crippen molar-refractivity contribution in [3.63, 3.8) is 0 Å². The van der Waals surface area contributed by atoms with Crippen molar-refractivity contribution in [2.75, 3.05) is 33.7 Å². The Morgan fingerprint density at radius 3 is 2.62 bits per heavy atom. The number of carbonyl (C=O) groups excluding carboxylic acids is 1. The molecular formula is C18H29ClFN3O. The second kappa shape index (κ2) is 9.97. The molecule has 0 aliphatic carbocycles. The van der Waals surface area contributed by atoms with Gasteiger partial charge in [0.1, 0.15) is 5.82 Å². The predicted octanol–water partition coefficient (Wildman–Crippen LogP) is 2.53. The average molecular weight is 358 g/mol. The Balaban J connectivity index is 0.00000288. The maximum absolute atomic E-state index is 14.0. The molecule has 0 aromatic heterocycles. The third-order valence-corrected chi connectivity index (χ3v) is 4.42. The molecule has 0 unspecified atom stereocenters. The van der Waals surface area contributed by atoms with Gasteiger partial charge in [0.15, 0.2) is 0 Å². The lowest BCUT2D eigenvalue weighted by molar-refractivity contribution is -0.137. The number of hydrogen-bond donors (Lipinski definition) is 1. The molecule has 1 aromatic carbocycles. The second-order valence-electron chi connectivity index (χ2n) is 6.73. The van der Waals surface area contributed by atoms with Crippen molar-refractivity contribution in [2.24, 2.45) is 5.92 Å². The van der Waals surface area contributed by atoms with Crippen molar-refractivity contribution in [1.82, 2.24) is 15.1 Å². The first-order valence-electron chi connectivity index (χ1n) is 8.37. The summed E-state index contributed by atoms with van der Waals surface area (Å²) in [6.45, 7) is 4.73. The fourth-order valence-corrected chi connectivity index (χ4v) is 3.03. The first-order valence-corrected chi connectivity index (χ1v) is 8.37. The largest absolute Gasteiger partial charge is 0.337 e. The van der Waals surface area contributed by atoms with E-state index < -0.39 is 0 Å². The molecule has 136 valence electrons. The Morgan fingerprint density at radius 1 is 1.29 bits per heavy atom. The normalized spacial score (nSPS) is 20.5. The van der Waals surface area contributed by atoms with E-state index in [0.717, 1.165) is 25.9 Å². The van der Waals surface area contributed by atoms with E-state index in [1.54, 1.807) is 12.1 Å². The number of piperidine rings is 1. The fraction of sp³-hybridized carbons (Fsp3) is 0.611. The Labute approximate surface area is 150 Å². The van der Waals surface area contributed by atoms with Gasteiger partial charge in [0.05, 0.1) is 0 Å². The number of nitrogens with one attached hydrogen (secondary N) is 1. The molecule has 1 saturated heterocycles. The number of carbonyl (C=O) groups is 1. The lowest BCUT2D eigenvalue weighted by Crippen LogP contribution is -2.45. The third-order valence-electron chi connectivity index (χ3n) is 4.42. The van der Waals surface area contributed by atoms with Gasteiger partial charge in [-0.1, -0.05) is 18.2 Å². The number of halogens is 2. The first kappa shape index (κ1) is 20.9. The molecule has 1 heterocycles. The van der Waals surface area contributed by atoms with E-state index in [1.165, 1.54) is 6.07 Å². The molecule has 4 nitrogen and oxygen atoms in total. The highest BCUT2D eigenvalue weighted by Gasteiger charge is 2.28. The minimum atomic E-state index is -0.242. The predicted molar refractivity (Wildman–Crippen MR) is 97.8 cm³/mol. The number of amides is 1. The van der Waals surface area contributed by atoms with Crippen molar-refractivity contribution in [1.29, 1.82) is 0 Å². The van der Waals surface area contributed by atoms with Crippen LogP contribution < -0.4 is 5.32 Å². The standard InChI is InChI=1S/C18H28FN3O.ClH/c1-14-12-15(8-9-20-14)18(23)22(11-10-21(2)3)13-16-6-4-5-7-17(16)19;/h4-7,14-15,20H,8-13H2,1-3H3;1H/t14-,15-;/m0./s1. The van der Waals surface area contributed by atoms with Gasteiger partial charge in [-0.25, -0.2) is 4.39 Å². The van der Waals surface area contributed by atoms with E-state index in [4.69, 9.17) is 0 Å². The molecule has 1 aliphatic rings. The number of rotatable bonds is 6. The van der Waals surface area contributed by atoms with E-state index in [0.29, 0.717) is 24.7 Å². The van der Waals surface area contributed by atoms with Crippen LogP contribution in [-0.2, 0) is 11.3 Å². The molecule has 1 fully saturated rings. The summed E-state index contributed by atoms with van der Waals surface area (Å²) in [6.07, 6.45) is 1.72. The molecule has 1 N–H and O–H groups in total. The highest BCUT2D eigenvalue weighted by Crippen LogP contribution is 2.20. The Bertz CT molecular complexity index is 527. The molecule has 1 amide bonds. The number of hydrogen-bond acceptors (Lipinski definition) is 3. The number of benzene rings is 1. The molecule has 0 spiro atoms. The Hall–Kier alpha value is -1.17. The first-order chi connectivity index (χ1) is 11.0. The summed E-state index contributed by atoms with van der Waals surface area (Å²) in [4.78, 5) is 16.8. The van der Waals surface area contributed by atoms with Crippen LogP contribution in [0.4, 0.5) is 4.39 Å². The molecule has 2 rings (SSSR count). The van der Waals surface area contributed by atoms with Gasteiger partial charge in [0.2, 0.25) is 5.91 Å². The van der Waals surface area contributed by atoms with E-state index >= 15 is 0 Å². The summed E-state index contributed by atoms with van der Waals surface area (Å²) in [5.74, 6) is -0.0440. The summed E-state index contributed by atoms with van der Waals surface area (Å²) < 4.78 is 14.0. The molecule has 0 radical (unpaired) electrons. The molecule has 0 bridgehead atoms. The highest BCUT2D eigenvalue weighted by atomic mass is 35.5. The SMILES string of the molecule is C[C@H]1C[C@@H](C(=O)N(CCN(C)C)Cc2ccccc2F)CCN1.Cl. The third kappa shape index (κ3) is 6.04. The van der Waals surface area contributed by atoms with Crippen molar-refractivity contribution in [3.05, 3.63) is 35.6 Å².